The van der Waals surface area contributed by atoms with Crippen LogP contribution in [0.2, 0.25) is 0 Å². The molecule has 1 aromatic carbocycles. The summed E-state index contributed by atoms with van der Waals surface area (Å²) in [5.74, 6) is 0. The molecule has 0 amide bonds. The van der Waals surface area contributed by atoms with E-state index < -0.39 is 0 Å². The van der Waals surface area contributed by atoms with E-state index in [2.05, 4.69) is 33.8 Å². The van der Waals surface area contributed by atoms with Gasteiger partial charge in [-0.15, -0.1) is 0 Å². The number of hydrogen-bond donors (Lipinski definition) is 1. The number of nitrogens with two attached hydrogens (primary N) is 1. The summed E-state index contributed by atoms with van der Waals surface area (Å²) in [6, 6.07) is 6.07. The second-order valence-corrected chi connectivity index (χ2v) is 5.86. The van der Waals surface area contributed by atoms with Crippen LogP contribution in [0.25, 0.3) is 0 Å². The summed E-state index contributed by atoms with van der Waals surface area (Å²) in [7, 11) is 0. The van der Waals surface area contributed by atoms with Crippen LogP contribution in [0.4, 0.5) is 5.69 Å². The topological polar surface area (TPSA) is 38.5 Å². The van der Waals surface area contributed by atoms with Crippen LogP contribution >= 0.6 is 28.1 Å². The highest BCUT2D eigenvalue weighted by Crippen LogP contribution is 2.26. The monoisotopic (exact) mass is 328 g/mol. The Bertz CT molecular complexity index is 453. The summed E-state index contributed by atoms with van der Waals surface area (Å²) in [4.78, 5) is 2.74. The zero-order chi connectivity index (χ0) is 13.1. The van der Waals surface area contributed by atoms with Crippen molar-refractivity contribution in [2.75, 3.05) is 24.6 Å². The zero-order valence-corrected chi connectivity index (χ0v) is 12.8. The number of nitrogens with zero attached hydrogens (tertiary/aromatic N) is 1. The molecule has 0 radical (unpaired) electrons. The Morgan fingerprint density at radius 2 is 2.33 bits per heavy atom. The highest BCUT2D eigenvalue weighted by molar-refractivity contribution is 9.10. The van der Waals surface area contributed by atoms with E-state index in [0.29, 0.717) is 4.99 Å². The molecule has 18 heavy (non-hydrogen) atoms. The molecule has 5 heteroatoms. The lowest BCUT2D eigenvalue weighted by molar-refractivity contribution is 0.0821. The van der Waals surface area contributed by atoms with Gasteiger partial charge in [0.15, 0.2) is 0 Å². The van der Waals surface area contributed by atoms with Gasteiger partial charge >= 0.3 is 0 Å². The van der Waals surface area contributed by atoms with Gasteiger partial charge in [-0.2, -0.15) is 0 Å². The van der Waals surface area contributed by atoms with Gasteiger partial charge in [0.1, 0.15) is 4.99 Å². The van der Waals surface area contributed by atoms with Gasteiger partial charge in [-0.25, -0.2) is 0 Å². The normalized spacial score (nSPS) is 20.6. The molecule has 1 aliphatic heterocycles. The van der Waals surface area contributed by atoms with Crippen LogP contribution in [0.1, 0.15) is 18.9 Å². The lowest BCUT2D eigenvalue weighted by Gasteiger charge is -2.26. The maximum Gasteiger partial charge on any atom is 0.106 e. The molecule has 1 aliphatic rings. The minimum absolute atomic E-state index is 0.232. The first-order valence-corrected chi connectivity index (χ1v) is 7.24. The quantitative estimate of drug-likeness (QED) is 0.847. The highest BCUT2D eigenvalue weighted by Gasteiger charge is 2.18. The van der Waals surface area contributed by atoms with Gasteiger partial charge in [-0.3, -0.25) is 0 Å². The van der Waals surface area contributed by atoms with Gasteiger partial charge < -0.3 is 15.4 Å². The molecule has 3 nitrogen and oxygen atoms in total. The first-order chi connectivity index (χ1) is 8.58. The molecule has 0 saturated carbocycles. The molecule has 1 heterocycles. The number of thiocarbonyl (C=S) groups is 1. The predicted molar refractivity (Wildman–Crippen MR) is 82.3 cm³/mol. The molecule has 0 aromatic heterocycles. The number of ether oxygens (including phenoxy) is 1. The van der Waals surface area contributed by atoms with Gasteiger partial charge in [0.2, 0.25) is 0 Å². The fourth-order valence-electron chi connectivity index (χ4n) is 2.19. The fourth-order valence-corrected chi connectivity index (χ4v) is 2.72. The fraction of sp³-hybridized carbons (Fsp3) is 0.462. The second-order valence-electron chi connectivity index (χ2n) is 4.51. The van der Waals surface area contributed by atoms with Crippen LogP contribution in [0.3, 0.4) is 0 Å². The van der Waals surface area contributed by atoms with E-state index >= 15 is 0 Å². The Hall–Kier alpha value is -0.650. The van der Waals surface area contributed by atoms with E-state index in [1.54, 1.807) is 0 Å². The minimum atomic E-state index is 0.232. The number of hydrogen-bond acceptors (Lipinski definition) is 3. The average Bonchev–Trinajstić information content (AvgIpc) is 2.53. The molecule has 0 bridgehead atoms. The Labute approximate surface area is 121 Å². The first kappa shape index (κ1) is 13.8. The summed E-state index contributed by atoms with van der Waals surface area (Å²) < 4.78 is 6.66. The maximum absolute atomic E-state index is 5.82. The van der Waals surface area contributed by atoms with Crippen molar-refractivity contribution in [3.05, 3.63) is 28.2 Å². The summed E-state index contributed by atoms with van der Waals surface area (Å²) in [5, 5.41) is 0. The van der Waals surface area contributed by atoms with Crippen LogP contribution in [-0.2, 0) is 4.74 Å². The summed E-state index contributed by atoms with van der Waals surface area (Å²) >= 11 is 8.60. The van der Waals surface area contributed by atoms with Crippen LogP contribution in [-0.4, -0.2) is 30.8 Å². The Balaban J connectivity index is 2.33. The first-order valence-electron chi connectivity index (χ1n) is 6.04. The van der Waals surface area contributed by atoms with Crippen molar-refractivity contribution in [3.8, 4) is 0 Å². The lowest BCUT2D eigenvalue weighted by atomic mass is 10.1. The van der Waals surface area contributed by atoms with E-state index in [-0.39, 0.29) is 6.10 Å². The standard InChI is InChI=1S/C13H17BrN2OS/c1-9-8-16(5-2-6-17-9)12-4-3-10(14)7-11(12)13(15)18/h3-4,7,9H,2,5-6,8H2,1H3,(H2,15,18). The van der Waals surface area contributed by atoms with E-state index in [1.807, 2.05) is 12.1 Å². The van der Waals surface area contributed by atoms with Crippen molar-refractivity contribution in [1.82, 2.24) is 0 Å². The average molecular weight is 329 g/mol. The highest BCUT2D eigenvalue weighted by atomic mass is 79.9. The van der Waals surface area contributed by atoms with E-state index in [1.165, 1.54) is 0 Å². The molecular weight excluding hydrogens is 312 g/mol. The number of halogens is 1. The molecule has 1 fully saturated rings. The third kappa shape index (κ3) is 3.22. The van der Waals surface area contributed by atoms with Crippen LogP contribution in [0, 0.1) is 0 Å². The van der Waals surface area contributed by atoms with Crippen molar-refractivity contribution in [2.45, 2.75) is 19.4 Å². The minimum Gasteiger partial charge on any atom is -0.389 e. The lowest BCUT2D eigenvalue weighted by Crippen LogP contribution is -2.32. The molecule has 0 aliphatic carbocycles. The molecule has 0 spiro atoms. The largest absolute Gasteiger partial charge is 0.389 e. The third-order valence-corrected chi connectivity index (χ3v) is 3.73. The Morgan fingerprint density at radius 3 is 3.06 bits per heavy atom. The molecular formula is C13H17BrN2OS. The van der Waals surface area contributed by atoms with Gasteiger partial charge in [0.25, 0.3) is 0 Å². The van der Waals surface area contributed by atoms with Crippen molar-refractivity contribution >= 4 is 38.8 Å². The van der Waals surface area contributed by atoms with Crippen molar-refractivity contribution in [3.63, 3.8) is 0 Å². The van der Waals surface area contributed by atoms with Gasteiger partial charge in [-0.1, -0.05) is 28.1 Å². The second kappa shape index (κ2) is 5.99. The van der Waals surface area contributed by atoms with Gasteiger partial charge in [0, 0.05) is 35.4 Å². The van der Waals surface area contributed by atoms with E-state index in [9.17, 15) is 0 Å². The zero-order valence-electron chi connectivity index (χ0n) is 10.4. The molecule has 1 unspecified atom stereocenters. The molecule has 1 saturated heterocycles. The number of anilines is 1. The van der Waals surface area contributed by atoms with Gasteiger partial charge in [0.05, 0.1) is 6.10 Å². The van der Waals surface area contributed by atoms with Gasteiger partial charge in [-0.05, 0) is 31.5 Å². The molecule has 98 valence electrons. The number of rotatable bonds is 2. The predicted octanol–water partition coefficient (Wildman–Crippen LogP) is 2.70. The van der Waals surface area contributed by atoms with E-state index in [4.69, 9.17) is 22.7 Å². The Kier molecular flexibility index (Phi) is 4.59. The maximum atomic E-state index is 5.82. The van der Waals surface area contributed by atoms with Crippen molar-refractivity contribution < 1.29 is 4.74 Å². The summed E-state index contributed by atoms with van der Waals surface area (Å²) in [5.41, 5.74) is 7.84. The van der Waals surface area contributed by atoms with Crippen LogP contribution in [0.5, 0.6) is 0 Å². The van der Waals surface area contributed by atoms with E-state index in [0.717, 1.165) is 41.8 Å². The van der Waals surface area contributed by atoms with Crippen molar-refractivity contribution in [1.29, 1.82) is 0 Å². The molecule has 2 N–H and O–H groups in total. The smallest absolute Gasteiger partial charge is 0.106 e. The SMILES string of the molecule is CC1CN(c2ccc(Br)cc2C(N)=S)CCCO1. The Morgan fingerprint density at radius 1 is 1.56 bits per heavy atom. The summed E-state index contributed by atoms with van der Waals surface area (Å²) in [6.07, 6.45) is 1.26. The molecule has 2 rings (SSSR count). The molecule has 1 atom stereocenters. The number of benzene rings is 1. The summed E-state index contributed by atoms with van der Waals surface area (Å²) in [6.45, 7) is 4.76. The van der Waals surface area contributed by atoms with Crippen LogP contribution in [0.15, 0.2) is 22.7 Å². The molecule has 1 aromatic rings. The van der Waals surface area contributed by atoms with Crippen LogP contribution < -0.4 is 10.6 Å². The van der Waals surface area contributed by atoms with Crippen molar-refractivity contribution in [2.24, 2.45) is 5.73 Å². The third-order valence-electron chi connectivity index (χ3n) is 3.02.